The summed E-state index contributed by atoms with van der Waals surface area (Å²) in [6, 6.07) is 8.63. The van der Waals surface area contributed by atoms with Gasteiger partial charge in [-0.2, -0.15) is 4.31 Å². The minimum Gasteiger partial charge on any atom is -0.399 e. The lowest BCUT2D eigenvalue weighted by Crippen LogP contribution is -2.27. The van der Waals surface area contributed by atoms with Crippen LogP contribution in [0, 0.1) is 6.92 Å². The average molecular weight is 380 g/mol. The highest BCUT2D eigenvalue weighted by Crippen LogP contribution is 2.28. The predicted molar refractivity (Wildman–Crippen MR) is 100 cm³/mol. The molecule has 0 saturated carbocycles. The third-order valence-corrected chi connectivity index (χ3v) is 7.62. The van der Waals surface area contributed by atoms with Gasteiger partial charge >= 0.3 is 0 Å². The summed E-state index contributed by atoms with van der Waals surface area (Å²) >= 11 is 1.16. The number of anilines is 2. The van der Waals surface area contributed by atoms with E-state index < -0.39 is 10.0 Å². The second-order valence-corrected chi connectivity index (χ2v) is 9.46. The Balaban J connectivity index is 1.68. The molecule has 1 aromatic heterocycles. The first-order valence-corrected chi connectivity index (χ1v) is 10.4. The molecule has 6 nitrogen and oxygen atoms in total. The first-order valence-electron chi connectivity index (χ1n) is 8.11. The molecule has 1 aliphatic rings. The molecule has 25 heavy (non-hydrogen) atoms. The smallest absolute Gasteiger partial charge is 0.252 e. The van der Waals surface area contributed by atoms with Crippen molar-refractivity contribution in [1.29, 1.82) is 0 Å². The van der Waals surface area contributed by atoms with E-state index in [1.54, 1.807) is 24.3 Å². The van der Waals surface area contributed by atoms with Gasteiger partial charge in [0.1, 0.15) is 4.21 Å². The molecule has 0 unspecified atom stereocenters. The zero-order valence-electron chi connectivity index (χ0n) is 14.0. The number of nitrogens with zero attached hydrogens (tertiary/aromatic N) is 1. The van der Waals surface area contributed by atoms with Crippen LogP contribution in [0.2, 0.25) is 0 Å². The summed E-state index contributed by atoms with van der Waals surface area (Å²) in [5.41, 5.74) is 7.92. The molecular formula is C17H21N3O3S2. The Labute approximate surface area is 151 Å². The van der Waals surface area contributed by atoms with Gasteiger partial charge in [-0.3, -0.25) is 4.79 Å². The maximum Gasteiger partial charge on any atom is 0.252 e. The van der Waals surface area contributed by atoms with Gasteiger partial charge in [-0.1, -0.05) is 6.07 Å². The Hall–Kier alpha value is -1.90. The van der Waals surface area contributed by atoms with E-state index in [1.807, 2.05) is 13.0 Å². The van der Waals surface area contributed by atoms with Crippen molar-refractivity contribution in [3.8, 4) is 0 Å². The monoisotopic (exact) mass is 379 g/mol. The van der Waals surface area contributed by atoms with E-state index in [0.29, 0.717) is 28.7 Å². The Kier molecular flexibility index (Phi) is 5.12. The minimum atomic E-state index is -3.42. The summed E-state index contributed by atoms with van der Waals surface area (Å²) in [4.78, 5) is 13.0. The number of carbonyl (C=O) groups excluding carboxylic acids is 1. The number of nitrogen functional groups attached to an aromatic ring is 1. The van der Waals surface area contributed by atoms with E-state index in [-0.39, 0.29) is 12.3 Å². The van der Waals surface area contributed by atoms with E-state index in [9.17, 15) is 13.2 Å². The number of thiophene rings is 1. The Bertz CT molecular complexity index is 884. The lowest BCUT2D eigenvalue weighted by molar-refractivity contribution is -0.115. The van der Waals surface area contributed by atoms with Gasteiger partial charge in [0.25, 0.3) is 10.0 Å². The molecule has 0 spiro atoms. The van der Waals surface area contributed by atoms with Crippen molar-refractivity contribution in [2.24, 2.45) is 0 Å². The molecule has 0 bridgehead atoms. The summed E-state index contributed by atoms with van der Waals surface area (Å²) in [5.74, 6) is -0.194. The Morgan fingerprint density at radius 1 is 1.24 bits per heavy atom. The number of hydrogen-bond donors (Lipinski definition) is 2. The third kappa shape index (κ3) is 4.02. The van der Waals surface area contributed by atoms with Gasteiger partial charge in [0.2, 0.25) is 5.91 Å². The van der Waals surface area contributed by atoms with E-state index in [1.165, 1.54) is 4.31 Å². The maximum atomic E-state index is 12.5. The Morgan fingerprint density at radius 2 is 1.96 bits per heavy atom. The number of benzene rings is 1. The number of sulfonamides is 1. The largest absolute Gasteiger partial charge is 0.399 e. The number of carbonyl (C=O) groups is 1. The first kappa shape index (κ1) is 17.9. The number of rotatable bonds is 5. The van der Waals surface area contributed by atoms with Crippen LogP contribution in [-0.4, -0.2) is 31.7 Å². The molecule has 3 N–H and O–H groups in total. The molecule has 1 amide bonds. The molecule has 1 aliphatic heterocycles. The normalized spacial score (nSPS) is 15.4. The van der Waals surface area contributed by atoms with Crippen LogP contribution in [0.3, 0.4) is 0 Å². The van der Waals surface area contributed by atoms with E-state index in [4.69, 9.17) is 5.73 Å². The molecule has 1 fully saturated rings. The van der Waals surface area contributed by atoms with Crippen LogP contribution in [-0.2, 0) is 21.2 Å². The lowest BCUT2D eigenvalue weighted by Gasteiger charge is -2.13. The summed E-state index contributed by atoms with van der Waals surface area (Å²) in [6.45, 7) is 3.04. The molecule has 2 aromatic rings. The molecule has 3 rings (SSSR count). The molecule has 1 aromatic carbocycles. The highest BCUT2D eigenvalue weighted by molar-refractivity contribution is 7.91. The van der Waals surface area contributed by atoms with Gasteiger partial charge in [0, 0.05) is 29.3 Å². The van der Waals surface area contributed by atoms with Crippen molar-refractivity contribution >= 4 is 38.6 Å². The number of nitrogens with two attached hydrogens (primary N) is 1. The van der Waals surface area contributed by atoms with Gasteiger partial charge < -0.3 is 11.1 Å². The lowest BCUT2D eigenvalue weighted by atomic mass is 10.2. The quantitative estimate of drug-likeness (QED) is 0.781. The van der Waals surface area contributed by atoms with E-state index in [0.717, 1.165) is 34.6 Å². The van der Waals surface area contributed by atoms with Crippen LogP contribution in [0.1, 0.15) is 23.3 Å². The fraction of sp³-hybridized carbons (Fsp3) is 0.353. The first-order chi connectivity index (χ1) is 11.9. The van der Waals surface area contributed by atoms with Crippen molar-refractivity contribution in [2.45, 2.75) is 30.4 Å². The molecule has 2 heterocycles. The van der Waals surface area contributed by atoms with Crippen molar-refractivity contribution in [3.63, 3.8) is 0 Å². The van der Waals surface area contributed by atoms with Gasteiger partial charge in [-0.15, -0.1) is 11.3 Å². The molecule has 134 valence electrons. The van der Waals surface area contributed by atoms with Crippen LogP contribution in [0.4, 0.5) is 11.4 Å². The highest BCUT2D eigenvalue weighted by atomic mass is 32.2. The zero-order chi connectivity index (χ0) is 18.0. The van der Waals surface area contributed by atoms with Crippen molar-refractivity contribution in [1.82, 2.24) is 4.31 Å². The molecule has 8 heteroatoms. The van der Waals surface area contributed by atoms with Crippen molar-refractivity contribution < 1.29 is 13.2 Å². The molecule has 1 saturated heterocycles. The fourth-order valence-corrected chi connectivity index (χ4v) is 5.80. The van der Waals surface area contributed by atoms with Crippen molar-refractivity contribution in [3.05, 3.63) is 40.8 Å². The van der Waals surface area contributed by atoms with Crippen LogP contribution in [0.25, 0.3) is 0 Å². The molecule has 0 aliphatic carbocycles. The number of nitrogens with one attached hydrogen (secondary N) is 1. The molecule has 0 atom stereocenters. The third-order valence-electron chi connectivity index (χ3n) is 4.17. The van der Waals surface area contributed by atoms with E-state index >= 15 is 0 Å². The second kappa shape index (κ2) is 7.15. The second-order valence-electron chi connectivity index (χ2n) is 6.13. The van der Waals surface area contributed by atoms with Crippen LogP contribution in [0.15, 0.2) is 34.5 Å². The van der Waals surface area contributed by atoms with Crippen LogP contribution < -0.4 is 11.1 Å². The number of amides is 1. The SMILES string of the molecule is Cc1ccc(N)cc1NC(=O)Cc1ccc(S(=O)(=O)N2CCCC2)s1. The van der Waals surface area contributed by atoms with Gasteiger partial charge in [0.15, 0.2) is 0 Å². The summed E-state index contributed by atoms with van der Waals surface area (Å²) < 4.78 is 26.9. The average Bonchev–Trinajstić information content (AvgIpc) is 3.22. The van der Waals surface area contributed by atoms with Gasteiger partial charge in [-0.05, 0) is 49.6 Å². The zero-order valence-corrected chi connectivity index (χ0v) is 15.6. The summed E-state index contributed by atoms with van der Waals surface area (Å²) in [5, 5.41) is 2.83. The molecule has 0 radical (unpaired) electrons. The summed E-state index contributed by atoms with van der Waals surface area (Å²) in [7, 11) is -3.42. The standard InChI is InChI=1S/C17H21N3O3S2/c1-12-4-5-13(18)10-15(12)19-16(21)11-14-6-7-17(24-14)25(22,23)20-8-2-3-9-20/h4-7,10H,2-3,8-9,11,18H2,1H3,(H,19,21). The highest BCUT2D eigenvalue weighted by Gasteiger charge is 2.28. The number of aryl methyl sites for hydroxylation is 1. The molecular weight excluding hydrogens is 358 g/mol. The predicted octanol–water partition coefficient (Wildman–Crippen LogP) is 2.60. The summed E-state index contributed by atoms with van der Waals surface area (Å²) in [6.07, 6.45) is 1.94. The Morgan fingerprint density at radius 3 is 2.68 bits per heavy atom. The van der Waals surface area contributed by atoms with Crippen molar-refractivity contribution in [2.75, 3.05) is 24.1 Å². The maximum absolute atomic E-state index is 12.5. The topological polar surface area (TPSA) is 92.5 Å². The van der Waals surface area contributed by atoms with Gasteiger partial charge in [0.05, 0.1) is 6.42 Å². The number of hydrogen-bond acceptors (Lipinski definition) is 5. The van der Waals surface area contributed by atoms with Gasteiger partial charge in [-0.25, -0.2) is 8.42 Å². The minimum absolute atomic E-state index is 0.133. The fourth-order valence-electron chi connectivity index (χ4n) is 2.77. The van der Waals surface area contributed by atoms with E-state index in [2.05, 4.69) is 5.32 Å². The van der Waals surface area contributed by atoms with Crippen LogP contribution in [0.5, 0.6) is 0 Å². The van der Waals surface area contributed by atoms with Crippen LogP contribution >= 0.6 is 11.3 Å².